The Bertz CT molecular complexity index is 2020. The molecule has 0 spiro atoms. The van der Waals surface area contributed by atoms with Gasteiger partial charge in [-0.3, -0.25) is 19.1 Å². The molecular weight excluding hydrogens is 664 g/mol. The fourth-order valence-electron chi connectivity index (χ4n) is 6.16. The Kier molecular flexibility index (Phi) is 9.09. The lowest BCUT2D eigenvalue weighted by Crippen LogP contribution is -2.49. The molecule has 3 aromatic rings. The van der Waals surface area contributed by atoms with E-state index in [0.29, 0.717) is 5.71 Å². The summed E-state index contributed by atoms with van der Waals surface area (Å²) >= 11 is 6.55. The van der Waals surface area contributed by atoms with E-state index in [1.54, 1.807) is 24.1 Å². The Balaban J connectivity index is 1.90. The zero-order valence-electron chi connectivity index (χ0n) is 25.8. The van der Waals surface area contributed by atoms with Crippen LogP contribution in [0.2, 0.25) is 5.02 Å². The van der Waals surface area contributed by atoms with E-state index in [4.69, 9.17) is 17.3 Å². The van der Waals surface area contributed by atoms with Gasteiger partial charge in [0.25, 0.3) is 5.56 Å². The number of amides is 1. The Labute approximate surface area is 275 Å². The highest BCUT2D eigenvalue weighted by molar-refractivity contribution is 6.34. The van der Waals surface area contributed by atoms with Gasteiger partial charge in [-0.05, 0) is 18.1 Å². The summed E-state index contributed by atoms with van der Waals surface area (Å²) in [7, 11) is 0. The molecule has 1 saturated heterocycles. The first-order chi connectivity index (χ1) is 22.5. The molecule has 0 bridgehead atoms. The average molecular weight is 692 g/mol. The summed E-state index contributed by atoms with van der Waals surface area (Å²) in [5, 5.41) is 9.90. The van der Waals surface area contributed by atoms with E-state index in [-0.39, 0.29) is 60.3 Å². The number of anilines is 2. The zero-order chi connectivity index (χ0) is 35.4. The number of rotatable bonds is 5. The lowest BCUT2D eigenvalue weighted by molar-refractivity contribution is -0.142. The first-order valence-electron chi connectivity index (χ1n) is 14.7. The van der Waals surface area contributed by atoms with Crippen molar-refractivity contribution in [2.75, 3.05) is 36.8 Å². The van der Waals surface area contributed by atoms with E-state index in [2.05, 4.69) is 16.6 Å². The predicted octanol–water partition coefficient (Wildman–Crippen LogP) is 6.24. The highest BCUT2D eigenvalue weighted by atomic mass is 35.5. The van der Waals surface area contributed by atoms with Crippen molar-refractivity contribution in [2.45, 2.75) is 33.0 Å². The van der Waals surface area contributed by atoms with Crippen LogP contribution in [0.5, 0.6) is 0 Å². The fourth-order valence-corrected chi connectivity index (χ4v) is 6.41. The number of allylic oxidation sites excluding steroid dienone is 1. The number of aromatic nitrogens is 2. The van der Waals surface area contributed by atoms with Gasteiger partial charge in [-0.25, -0.2) is 18.2 Å². The maximum absolute atomic E-state index is 15.6. The van der Waals surface area contributed by atoms with Gasteiger partial charge >= 0.3 is 6.18 Å². The minimum Gasteiger partial charge on any atom is -0.396 e. The number of carbonyl (C=O) groups excluding carboxylic acids is 1. The van der Waals surface area contributed by atoms with Crippen molar-refractivity contribution >= 4 is 45.6 Å². The summed E-state index contributed by atoms with van der Waals surface area (Å²) in [5.41, 5.74) is -1.10. The molecule has 2 aliphatic heterocycles. The molecular formula is C32H28ClF6N7O2. The molecule has 9 nitrogen and oxygen atoms in total. The molecule has 48 heavy (non-hydrogen) atoms. The summed E-state index contributed by atoms with van der Waals surface area (Å²) < 4.78 is 87.3. The van der Waals surface area contributed by atoms with Crippen LogP contribution < -0.4 is 16.2 Å². The maximum Gasteiger partial charge on any atom is 0.422 e. The number of nitrogen functional groups attached to an aromatic ring is 1. The third-order valence-corrected chi connectivity index (χ3v) is 8.75. The Morgan fingerprint density at radius 2 is 1.81 bits per heavy atom. The number of alkyl halides is 3. The van der Waals surface area contributed by atoms with Crippen molar-refractivity contribution in [3.63, 3.8) is 0 Å². The van der Waals surface area contributed by atoms with Crippen LogP contribution in [0.3, 0.4) is 0 Å². The van der Waals surface area contributed by atoms with Gasteiger partial charge in [0.15, 0.2) is 11.6 Å². The van der Waals surface area contributed by atoms with Crippen LogP contribution in [0.25, 0.3) is 22.3 Å². The van der Waals surface area contributed by atoms with Crippen molar-refractivity contribution in [1.29, 1.82) is 5.26 Å². The van der Waals surface area contributed by atoms with Gasteiger partial charge in [0.2, 0.25) is 5.91 Å². The average Bonchev–Trinajstić information content (AvgIpc) is 3.03. The van der Waals surface area contributed by atoms with E-state index >= 15 is 4.39 Å². The largest absolute Gasteiger partial charge is 0.422 e. The topological polar surface area (TPSA) is 121 Å². The monoisotopic (exact) mass is 691 g/mol. The molecule has 1 unspecified atom stereocenters. The second-order valence-corrected chi connectivity index (χ2v) is 12.1. The molecule has 2 aliphatic rings. The molecule has 2 aromatic heterocycles. The number of halogens is 7. The number of hydrogen-bond donors (Lipinski definition) is 1. The van der Waals surface area contributed by atoms with Crippen LogP contribution in [-0.4, -0.2) is 52.2 Å². The molecule has 0 radical (unpaired) electrons. The van der Waals surface area contributed by atoms with Gasteiger partial charge in [0.1, 0.15) is 28.7 Å². The zero-order valence-corrected chi connectivity index (χ0v) is 26.6. The van der Waals surface area contributed by atoms with Crippen molar-refractivity contribution in [1.82, 2.24) is 14.5 Å². The molecule has 2 N–H and O–H groups in total. The third-order valence-electron chi connectivity index (χ3n) is 8.46. The number of nitrogens with zero attached hydrogens (tertiary/aromatic N) is 6. The SMILES string of the molecule is C=CC(=O)N1CCN(c2c(C#N)c(=O)n(C3C(C(C)C)=NC=C[C@H]3C)c3nc(-c4c(N)c(F)c(F)c(C(F)(F)F)c4F)c(Cl)cc23)CC1. The lowest BCUT2D eigenvalue weighted by atomic mass is 9.88. The predicted molar refractivity (Wildman–Crippen MR) is 169 cm³/mol. The number of hydrogen-bond acceptors (Lipinski definition) is 7. The lowest BCUT2D eigenvalue weighted by Gasteiger charge is -2.37. The molecule has 4 heterocycles. The second kappa shape index (κ2) is 12.6. The molecule has 16 heteroatoms. The number of aliphatic imine (C=N–C) groups is 1. The highest BCUT2D eigenvalue weighted by Crippen LogP contribution is 2.45. The van der Waals surface area contributed by atoms with E-state index in [9.17, 15) is 36.8 Å². The molecule has 1 aromatic carbocycles. The van der Waals surface area contributed by atoms with Gasteiger partial charge in [-0.1, -0.05) is 45.0 Å². The number of piperazine rings is 1. The van der Waals surface area contributed by atoms with Crippen molar-refractivity contribution in [2.24, 2.45) is 16.8 Å². The van der Waals surface area contributed by atoms with E-state index in [1.165, 1.54) is 4.90 Å². The summed E-state index contributed by atoms with van der Waals surface area (Å²) in [6, 6.07) is 2.24. The summed E-state index contributed by atoms with van der Waals surface area (Å²) in [5.74, 6) is -7.96. The van der Waals surface area contributed by atoms with Crippen LogP contribution in [0.15, 0.2) is 40.8 Å². The molecule has 1 amide bonds. The summed E-state index contributed by atoms with van der Waals surface area (Å²) in [4.78, 5) is 38.6. The van der Waals surface area contributed by atoms with Crippen LogP contribution in [0.4, 0.5) is 37.7 Å². The highest BCUT2D eigenvalue weighted by Gasteiger charge is 2.43. The number of pyridine rings is 2. The van der Waals surface area contributed by atoms with Crippen molar-refractivity contribution < 1.29 is 31.1 Å². The number of benzene rings is 1. The minimum atomic E-state index is -5.67. The Morgan fingerprint density at radius 1 is 1.17 bits per heavy atom. The van der Waals surface area contributed by atoms with Gasteiger partial charge in [0.05, 0.1) is 33.7 Å². The molecule has 5 rings (SSSR count). The fraction of sp³-hybridized carbons (Fsp3) is 0.344. The summed E-state index contributed by atoms with van der Waals surface area (Å²) in [6.07, 6.45) is -1.26. The molecule has 0 saturated carbocycles. The standard InChI is InChI=1S/C32H28ClF6N7O2/c1-5-19(47)44-8-10-45(11-9-44)29-16-12-18(33)27(20-22(34)21(32(37,38)39)23(35)24(36)25(20)41)43-30(16)46(31(48)17(29)13-40)28-15(4)6-7-42-26(28)14(2)3/h5-7,12,14-15,28H,1,8-11,41H2,2-4H3/t15-,28?/m1/s1. The Morgan fingerprint density at radius 3 is 2.38 bits per heavy atom. The van der Waals surface area contributed by atoms with E-state index in [0.717, 1.165) is 16.7 Å². The molecule has 0 aliphatic carbocycles. The van der Waals surface area contributed by atoms with E-state index in [1.807, 2.05) is 19.9 Å². The second-order valence-electron chi connectivity index (χ2n) is 11.7. The van der Waals surface area contributed by atoms with Crippen molar-refractivity contribution in [3.8, 4) is 17.3 Å². The van der Waals surface area contributed by atoms with Crippen LogP contribution in [0, 0.1) is 40.6 Å². The smallest absolute Gasteiger partial charge is 0.396 e. The van der Waals surface area contributed by atoms with Gasteiger partial charge < -0.3 is 15.5 Å². The van der Waals surface area contributed by atoms with Crippen LogP contribution >= 0.6 is 11.6 Å². The number of fused-ring (bicyclic) bond motifs is 1. The van der Waals surface area contributed by atoms with Gasteiger partial charge in [-0.15, -0.1) is 0 Å². The van der Waals surface area contributed by atoms with E-state index < -0.39 is 68.7 Å². The first kappa shape index (κ1) is 34.5. The van der Waals surface area contributed by atoms with Gasteiger partial charge in [0, 0.05) is 49.4 Å². The van der Waals surface area contributed by atoms with Crippen LogP contribution in [0.1, 0.15) is 37.9 Å². The van der Waals surface area contributed by atoms with Gasteiger partial charge in [-0.2, -0.15) is 18.4 Å². The summed E-state index contributed by atoms with van der Waals surface area (Å²) in [6.45, 7) is 9.56. The van der Waals surface area contributed by atoms with Crippen LogP contribution in [-0.2, 0) is 11.0 Å². The normalized spacial score (nSPS) is 18.3. The van der Waals surface area contributed by atoms with Crippen molar-refractivity contribution in [3.05, 3.63) is 75.0 Å². The molecule has 252 valence electrons. The first-order valence-corrected chi connectivity index (χ1v) is 15.1. The number of nitrogens with two attached hydrogens (primary N) is 1. The third kappa shape index (κ3) is 5.57. The molecule has 1 fully saturated rings. The quantitative estimate of drug-likeness (QED) is 0.146. The maximum atomic E-state index is 15.6. The number of carbonyl (C=O) groups is 1. The Hall–Kier alpha value is -4.84. The number of nitriles is 1. The molecule has 2 atom stereocenters. The minimum absolute atomic E-state index is 0.0668.